The van der Waals surface area contributed by atoms with E-state index in [1.54, 1.807) is 21.1 Å². The molecule has 100 valence electrons. The van der Waals surface area contributed by atoms with Gasteiger partial charge in [-0.1, -0.05) is 0 Å². The maximum atomic E-state index is 11.3. The molecule has 0 heterocycles. The summed E-state index contributed by atoms with van der Waals surface area (Å²) in [7, 11) is 3.20. The van der Waals surface area contributed by atoms with Gasteiger partial charge in [0.2, 0.25) is 0 Å². The summed E-state index contributed by atoms with van der Waals surface area (Å²) in [6.45, 7) is 2.20. The standard InChI is InChI=1S/C13H17BrO4/c1-4-18-13(15)6-5-9-7-12(17-3)10(14)8-11(9)16-2/h7-8H,4-6H2,1-3H3. The molecule has 0 unspecified atom stereocenters. The first-order chi connectivity index (χ1) is 8.62. The lowest BCUT2D eigenvalue weighted by atomic mass is 10.1. The van der Waals surface area contributed by atoms with Crippen LogP contribution in [0.4, 0.5) is 0 Å². The molecule has 0 atom stereocenters. The third-order valence-corrected chi connectivity index (χ3v) is 3.08. The highest BCUT2D eigenvalue weighted by molar-refractivity contribution is 9.10. The number of halogens is 1. The van der Waals surface area contributed by atoms with Gasteiger partial charge in [0.1, 0.15) is 11.5 Å². The maximum absolute atomic E-state index is 11.3. The Balaban J connectivity index is 2.83. The van der Waals surface area contributed by atoms with Crippen molar-refractivity contribution >= 4 is 21.9 Å². The predicted octanol–water partition coefficient (Wildman–Crippen LogP) is 2.96. The number of aryl methyl sites for hydroxylation is 1. The Morgan fingerprint density at radius 1 is 1.22 bits per heavy atom. The summed E-state index contributed by atoms with van der Waals surface area (Å²) < 4.78 is 16.2. The molecule has 4 nitrogen and oxygen atoms in total. The van der Waals surface area contributed by atoms with Gasteiger partial charge in [-0.2, -0.15) is 0 Å². The smallest absolute Gasteiger partial charge is 0.306 e. The second-order valence-electron chi connectivity index (χ2n) is 3.60. The molecular formula is C13H17BrO4. The van der Waals surface area contributed by atoms with Crippen LogP contribution in [-0.4, -0.2) is 26.8 Å². The molecule has 0 aliphatic rings. The maximum Gasteiger partial charge on any atom is 0.306 e. The molecule has 1 rings (SSSR count). The van der Waals surface area contributed by atoms with Crippen molar-refractivity contribution in [2.24, 2.45) is 0 Å². The van der Waals surface area contributed by atoms with Crippen molar-refractivity contribution in [2.75, 3.05) is 20.8 Å². The molecule has 18 heavy (non-hydrogen) atoms. The Hall–Kier alpha value is -1.23. The van der Waals surface area contributed by atoms with Gasteiger partial charge in [-0.15, -0.1) is 0 Å². The fourth-order valence-corrected chi connectivity index (χ4v) is 2.07. The average Bonchev–Trinajstić information content (AvgIpc) is 2.37. The number of rotatable bonds is 6. The predicted molar refractivity (Wildman–Crippen MR) is 72.2 cm³/mol. The summed E-state index contributed by atoms with van der Waals surface area (Å²) in [6, 6.07) is 3.70. The van der Waals surface area contributed by atoms with E-state index in [-0.39, 0.29) is 5.97 Å². The number of methoxy groups -OCH3 is 2. The van der Waals surface area contributed by atoms with Crippen molar-refractivity contribution in [1.82, 2.24) is 0 Å². The Morgan fingerprint density at radius 2 is 1.89 bits per heavy atom. The van der Waals surface area contributed by atoms with Gasteiger partial charge in [0.05, 0.1) is 25.3 Å². The van der Waals surface area contributed by atoms with Crippen LogP contribution in [-0.2, 0) is 16.0 Å². The number of ether oxygens (including phenoxy) is 3. The van der Waals surface area contributed by atoms with Crippen molar-refractivity contribution in [1.29, 1.82) is 0 Å². The second-order valence-corrected chi connectivity index (χ2v) is 4.46. The molecule has 0 aliphatic heterocycles. The third kappa shape index (κ3) is 3.91. The molecule has 1 aromatic carbocycles. The Morgan fingerprint density at radius 3 is 2.44 bits per heavy atom. The minimum atomic E-state index is -0.207. The molecular weight excluding hydrogens is 300 g/mol. The van der Waals surface area contributed by atoms with Crippen LogP contribution in [0.2, 0.25) is 0 Å². The fourth-order valence-electron chi connectivity index (χ4n) is 1.59. The number of hydrogen-bond donors (Lipinski definition) is 0. The van der Waals surface area contributed by atoms with E-state index in [1.807, 2.05) is 12.1 Å². The van der Waals surface area contributed by atoms with Crippen LogP contribution in [0.15, 0.2) is 16.6 Å². The average molecular weight is 317 g/mol. The topological polar surface area (TPSA) is 44.8 Å². The van der Waals surface area contributed by atoms with Crippen molar-refractivity contribution in [3.05, 3.63) is 22.2 Å². The molecule has 5 heteroatoms. The number of hydrogen-bond acceptors (Lipinski definition) is 4. The number of benzene rings is 1. The van der Waals surface area contributed by atoms with E-state index in [4.69, 9.17) is 14.2 Å². The van der Waals surface area contributed by atoms with Crippen molar-refractivity contribution in [3.8, 4) is 11.5 Å². The van der Waals surface area contributed by atoms with Gasteiger partial charge in [-0.3, -0.25) is 4.79 Å². The molecule has 1 aromatic rings. The summed E-state index contributed by atoms with van der Waals surface area (Å²) in [4.78, 5) is 11.3. The van der Waals surface area contributed by atoms with Gasteiger partial charge in [0, 0.05) is 6.42 Å². The van der Waals surface area contributed by atoms with Gasteiger partial charge < -0.3 is 14.2 Å². The van der Waals surface area contributed by atoms with E-state index < -0.39 is 0 Å². The lowest BCUT2D eigenvalue weighted by Gasteiger charge is -2.12. The van der Waals surface area contributed by atoms with Crippen LogP contribution in [0.1, 0.15) is 18.9 Å². The Bertz CT molecular complexity index is 418. The van der Waals surface area contributed by atoms with Crippen molar-refractivity contribution in [2.45, 2.75) is 19.8 Å². The van der Waals surface area contributed by atoms with E-state index >= 15 is 0 Å². The largest absolute Gasteiger partial charge is 0.496 e. The molecule has 0 N–H and O–H groups in total. The fraction of sp³-hybridized carbons (Fsp3) is 0.462. The van der Waals surface area contributed by atoms with Crippen molar-refractivity contribution in [3.63, 3.8) is 0 Å². The van der Waals surface area contributed by atoms with Gasteiger partial charge >= 0.3 is 5.97 Å². The first kappa shape index (κ1) is 14.8. The molecule has 0 radical (unpaired) electrons. The summed E-state index contributed by atoms with van der Waals surface area (Å²) >= 11 is 3.39. The van der Waals surface area contributed by atoms with Gasteiger partial charge in [-0.25, -0.2) is 0 Å². The summed E-state index contributed by atoms with van der Waals surface area (Å²) in [5.74, 6) is 1.24. The van der Waals surface area contributed by atoms with Crippen LogP contribution in [0.3, 0.4) is 0 Å². The quantitative estimate of drug-likeness (QED) is 0.757. The van der Waals surface area contributed by atoms with E-state index in [2.05, 4.69) is 15.9 Å². The first-order valence-electron chi connectivity index (χ1n) is 5.68. The molecule has 0 fully saturated rings. The third-order valence-electron chi connectivity index (χ3n) is 2.46. The highest BCUT2D eigenvalue weighted by Gasteiger charge is 2.11. The van der Waals surface area contributed by atoms with E-state index in [1.165, 1.54) is 0 Å². The van der Waals surface area contributed by atoms with Gasteiger partial charge in [0.15, 0.2) is 0 Å². The van der Waals surface area contributed by atoms with Gasteiger partial charge in [-0.05, 0) is 47.0 Å². The van der Waals surface area contributed by atoms with Crippen LogP contribution in [0.25, 0.3) is 0 Å². The molecule has 0 spiro atoms. The highest BCUT2D eigenvalue weighted by atomic mass is 79.9. The molecule has 0 saturated heterocycles. The zero-order valence-electron chi connectivity index (χ0n) is 10.8. The van der Waals surface area contributed by atoms with Crippen LogP contribution in [0.5, 0.6) is 11.5 Å². The van der Waals surface area contributed by atoms with Gasteiger partial charge in [0.25, 0.3) is 0 Å². The number of carbonyl (C=O) groups is 1. The van der Waals surface area contributed by atoms with E-state index in [0.717, 1.165) is 21.5 Å². The molecule has 0 bridgehead atoms. The molecule has 0 aromatic heterocycles. The molecule has 0 amide bonds. The summed E-state index contributed by atoms with van der Waals surface area (Å²) in [5.41, 5.74) is 0.922. The number of carbonyl (C=O) groups excluding carboxylic acids is 1. The first-order valence-corrected chi connectivity index (χ1v) is 6.47. The zero-order valence-corrected chi connectivity index (χ0v) is 12.4. The molecule has 0 saturated carbocycles. The zero-order chi connectivity index (χ0) is 13.5. The lowest BCUT2D eigenvalue weighted by molar-refractivity contribution is -0.143. The van der Waals surface area contributed by atoms with Crippen LogP contribution < -0.4 is 9.47 Å². The van der Waals surface area contributed by atoms with E-state index in [0.29, 0.717) is 19.4 Å². The second kappa shape index (κ2) is 7.26. The van der Waals surface area contributed by atoms with Crippen LogP contribution >= 0.6 is 15.9 Å². The summed E-state index contributed by atoms with van der Waals surface area (Å²) in [5, 5.41) is 0. The SMILES string of the molecule is CCOC(=O)CCc1cc(OC)c(Br)cc1OC. The Labute approximate surface area is 115 Å². The highest BCUT2D eigenvalue weighted by Crippen LogP contribution is 2.33. The number of esters is 1. The van der Waals surface area contributed by atoms with Crippen molar-refractivity contribution < 1.29 is 19.0 Å². The normalized spacial score (nSPS) is 10.0. The minimum absolute atomic E-state index is 0.207. The monoisotopic (exact) mass is 316 g/mol. The molecule has 0 aliphatic carbocycles. The minimum Gasteiger partial charge on any atom is -0.496 e. The Kier molecular flexibility index (Phi) is 5.98. The van der Waals surface area contributed by atoms with E-state index in [9.17, 15) is 4.79 Å². The lowest BCUT2D eigenvalue weighted by Crippen LogP contribution is -2.06. The summed E-state index contributed by atoms with van der Waals surface area (Å²) in [6.07, 6.45) is 0.890. The van der Waals surface area contributed by atoms with Crippen LogP contribution in [0, 0.1) is 0 Å².